The maximum Gasteiger partial charge on any atom is 0.274 e. The fraction of sp³-hybridized carbons (Fsp3) is 0.136. The third kappa shape index (κ3) is 4.63. The van der Waals surface area contributed by atoms with E-state index in [9.17, 15) is 18.4 Å². The SMILES string of the molecule is CCc1cccc(C)c1NC(=O)c1cc(C(=O)Nc2ccc(F)c(F)c2)ccn1. The molecule has 0 fully saturated rings. The fourth-order valence-electron chi connectivity index (χ4n) is 2.85. The van der Waals surface area contributed by atoms with E-state index in [1.165, 1.54) is 24.4 Å². The minimum absolute atomic E-state index is 0.0632. The third-order valence-electron chi connectivity index (χ3n) is 4.41. The number of halogens is 2. The van der Waals surface area contributed by atoms with Crippen LogP contribution < -0.4 is 10.6 Å². The lowest BCUT2D eigenvalue weighted by Crippen LogP contribution is -2.18. The highest BCUT2D eigenvalue weighted by molar-refractivity contribution is 6.08. The molecule has 7 heteroatoms. The van der Waals surface area contributed by atoms with Crippen LogP contribution in [0.4, 0.5) is 20.2 Å². The summed E-state index contributed by atoms with van der Waals surface area (Å²) in [7, 11) is 0. The zero-order valence-electron chi connectivity index (χ0n) is 15.9. The molecule has 2 N–H and O–H groups in total. The molecule has 0 bridgehead atoms. The van der Waals surface area contributed by atoms with Gasteiger partial charge in [-0.15, -0.1) is 0 Å². The molecule has 0 unspecified atom stereocenters. The van der Waals surface area contributed by atoms with Crippen molar-refractivity contribution in [3.05, 3.63) is 88.7 Å². The summed E-state index contributed by atoms with van der Waals surface area (Å²) in [5.74, 6) is -3.09. The predicted molar refractivity (Wildman–Crippen MR) is 107 cm³/mol. The van der Waals surface area contributed by atoms with Gasteiger partial charge in [0.2, 0.25) is 0 Å². The number of hydrogen-bond donors (Lipinski definition) is 2. The van der Waals surface area contributed by atoms with Crippen LogP contribution in [0.25, 0.3) is 0 Å². The summed E-state index contributed by atoms with van der Waals surface area (Å²) < 4.78 is 26.3. The molecule has 0 aliphatic rings. The molecule has 0 spiro atoms. The number of pyridine rings is 1. The van der Waals surface area contributed by atoms with Crippen LogP contribution >= 0.6 is 0 Å². The van der Waals surface area contributed by atoms with Crippen molar-refractivity contribution in [2.75, 3.05) is 10.6 Å². The van der Waals surface area contributed by atoms with Gasteiger partial charge in [0, 0.05) is 29.2 Å². The number of aromatic nitrogens is 1. The Hall–Kier alpha value is -3.61. The van der Waals surface area contributed by atoms with Gasteiger partial charge in [0.25, 0.3) is 11.8 Å². The quantitative estimate of drug-likeness (QED) is 0.656. The minimum Gasteiger partial charge on any atom is -0.322 e. The molecule has 0 atom stereocenters. The molecule has 0 radical (unpaired) electrons. The van der Waals surface area contributed by atoms with Crippen molar-refractivity contribution in [1.29, 1.82) is 0 Å². The first kappa shape index (κ1) is 20.1. The van der Waals surface area contributed by atoms with Crippen molar-refractivity contribution >= 4 is 23.2 Å². The number of carbonyl (C=O) groups excluding carboxylic acids is 2. The van der Waals surface area contributed by atoms with Crippen LogP contribution in [0.2, 0.25) is 0 Å². The van der Waals surface area contributed by atoms with Crippen LogP contribution in [0.5, 0.6) is 0 Å². The van der Waals surface area contributed by atoms with Crippen molar-refractivity contribution < 1.29 is 18.4 Å². The van der Waals surface area contributed by atoms with E-state index in [-0.39, 0.29) is 16.9 Å². The molecule has 0 aliphatic heterocycles. The number of nitrogens with one attached hydrogen (secondary N) is 2. The van der Waals surface area contributed by atoms with Crippen LogP contribution in [-0.2, 0) is 6.42 Å². The number of rotatable bonds is 5. The summed E-state index contributed by atoms with van der Waals surface area (Å²) in [4.78, 5) is 29.1. The van der Waals surface area contributed by atoms with E-state index in [1.807, 2.05) is 32.0 Å². The summed E-state index contributed by atoms with van der Waals surface area (Å²) in [6, 6.07) is 11.6. The maximum atomic E-state index is 13.3. The van der Waals surface area contributed by atoms with Crippen LogP contribution in [0.3, 0.4) is 0 Å². The molecule has 29 heavy (non-hydrogen) atoms. The van der Waals surface area contributed by atoms with Gasteiger partial charge in [0.1, 0.15) is 5.69 Å². The van der Waals surface area contributed by atoms with Gasteiger partial charge in [-0.3, -0.25) is 14.6 Å². The average molecular weight is 395 g/mol. The zero-order valence-corrected chi connectivity index (χ0v) is 15.9. The summed E-state index contributed by atoms with van der Waals surface area (Å²) in [5, 5.41) is 5.32. The Bertz CT molecular complexity index is 1080. The van der Waals surface area contributed by atoms with Gasteiger partial charge >= 0.3 is 0 Å². The molecular formula is C22H19F2N3O2. The van der Waals surface area contributed by atoms with Crippen LogP contribution in [-0.4, -0.2) is 16.8 Å². The first-order valence-corrected chi connectivity index (χ1v) is 9.01. The Balaban J connectivity index is 1.79. The molecule has 148 valence electrons. The predicted octanol–water partition coefficient (Wildman–Crippen LogP) is 4.74. The highest BCUT2D eigenvalue weighted by Gasteiger charge is 2.15. The number of benzene rings is 2. The van der Waals surface area contributed by atoms with Crippen molar-refractivity contribution in [2.24, 2.45) is 0 Å². The van der Waals surface area contributed by atoms with Gasteiger partial charge in [-0.2, -0.15) is 0 Å². The maximum absolute atomic E-state index is 13.3. The third-order valence-corrected chi connectivity index (χ3v) is 4.41. The normalized spacial score (nSPS) is 10.5. The Morgan fingerprint density at radius 2 is 1.76 bits per heavy atom. The van der Waals surface area contributed by atoms with E-state index in [0.717, 1.165) is 35.4 Å². The van der Waals surface area contributed by atoms with Gasteiger partial charge in [0.15, 0.2) is 11.6 Å². The number of carbonyl (C=O) groups is 2. The number of nitrogens with zero attached hydrogens (tertiary/aromatic N) is 1. The number of amides is 2. The van der Waals surface area contributed by atoms with Crippen molar-refractivity contribution in [1.82, 2.24) is 4.98 Å². The average Bonchev–Trinajstić information content (AvgIpc) is 2.72. The Kier molecular flexibility index (Phi) is 5.97. The number of para-hydroxylation sites is 1. The lowest BCUT2D eigenvalue weighted by molar-refractivity contribution is 0.102. The standard InChI is InChI=1S/C22H19F2N3O2/c1-3-14-6-4-5-13(2)20(14)27-22(29)19-11-15(9-10-25-19)21(28)26-16-7-8-17(23)18(24)12-16/h4-12H,3H2,1-2H3,(H,26,28)(H,27,29). The van der Waals surface area contributed by atoms with Gasteiger partial charge in [-0.05, 0) is 48.7 Å². The number of anilines is 2. The van der Waals surface area contributed by atoms with Gasteiger partial charge in [-0.1, -0.05) is 25.1 Å². The molecule has 0 aliphatic carbocycles. The number of aryl methyl sites for hydroxylation is 2. The molecule has 5 nitrogen and oxygen atoms in total. The smallest absolute Gasteiger partial charge is 0.274 e. The number of hydrogen-bond acceptors (Lipinski definition) is 3. The van der Waals surface area contributed by atoms with Gasteiger partial charge in [0.05, 0.1) is 0 Å². The largest absolute Gasteiger partial charge is 0.322 e. The molecular weight excluding hydrogens is 376 g/mol. The van der Waals surface area contributed by atoms with E-state index in [1.54, 1.807) is 0 Å². The Labute approximate surface area is 166 Å². The van der Waals surface area contributed by atoms with Crippen LogP contribution in [0, 0.1) is 18.6 Å². The monoisotopic (exact) mass is 395 g/mol. The second-order valence-corrected chi connectivity index (χ2v) is 6.43. The van der Waals surface area contributed by atoms with Crippen molar-refractivity contribution in [3.8, 4) is 0 Å². The van der Waals surface area contributed by atoms with Gasteiger partial charge in [-0.25, -0.2) is 8.78 Å². The van der Waals surface area contributed by atoms with E-state index < -0.39 is 23.4 Å². The van der Waals surface area contributed by atoms with E-state index in [2.05, 4.69) is 15.6 Å². The highest BCUT2D eigenvalue weighted by Crippen LogP contribution is 2.22. The van der Waals surface area contributed by atoms with E-state index in [0.29, 0.717) is 0 Å². The Morgan fingerprint density at radius 3 is 2.48 bits per heavy atom. The summed E-state index contributed by atoms with van der Waals surface area (Å²) in [6.45, 7) is 3.89. The summed E-state index contributed by atoms with van der Waals surface area (Å²) >= 11 is 0. The van der Waals surface area contributed by atoms with Crippen LogP contribution in [0.15, 0.2) is 54.7 Å². The topological polar surface area (TPSA) is 71.1 Å². The minimum atomic E-state index is -1.07. The van der Waals surface area contributed by atoms with E-state index >= 15 is 0 Å². The first-order chi connectivity index (χ1) is 13.9. The Morgan fingerprint density at radius 1 is 0.966 bits per heavy atom. The molecule has 3 rings (SSSR count). The molecule has 1 heterocycles. The zero-order chi connectivity index (χ0) is 21.0. The molecule has 0 saturated carbocycles. The van der Waals surface area contributed by atoms with E-state index in [4.69, 9.17) is 0 Å². The molecule has 3 aromatic rings. The second-order valence-electron chi connectivity index (χ2n) is 6.43. The highest BCUT2D eigenvalue weighted by atomic mass is 19.2. The lowest BCUT2D eigenvalue weighted by atomic mass is 10.1. The lowest BCUT2D eigenvalue weighted by Gasteiger charge is -2.13. The van der Waals surface area contributed by atoms with Crippen LogP contribution in [0.1, 0.15) is 38.9 Å². The summed E-state index contributed by atoms with van der Waals surface area (Å²) in [6.07, 6.45) is 2.09. The van der Waals surface area contributed by atoms with Crippen molar-refractivity contribution in [3.63, 3.8) is 0 Å². The molecule has 2 amide bonds. The summed E-state index contributed by atoms with van der Waals surface area (Å²) in [5.41, 5.74) is 2.96. The second kappa shape index (κ2) is 8.60. The fourth-order valence-corrected chi connectivity index (χ4v) is 2.85. The van der Waals surface area contributed by atoms with Gasteiger partial charge < -0.3 is 10.6 Å². The van der Waals surface area contributed by atoms with Crippen molar-refractivity contribution in [2.45, 2.75) is 20.3 Å². The molecule has 0 saturated heterocycles. The first-order valence-electron chi connectivity index (χ1n) is 9.01. The molecule has 1 aromatic heterocycles. The molecule has 2 aromatic carbocycles.